The average Bonchev–Trinajstić information content (AvgIpc) is 2.34. The predicted octanol–water partition coefficient (Wildman–Crippen LogP) is 1.36. The predicted molar refractivity (Wildman–Crippen MR) is 69.0 cm³/mol. The minimum atomic E-state index is 0.129. The van der Waals surface area contributed by atoms with E-state index in [9.17, 15) is 4.79 Å². The maximum absolute atomic E-state index is 11.8. The second kappa shape index (κ2) is 7.67. The van der Waals surface area contributed by atoms with Gasteiger partial charge in [0.05, 0.1) is 6.10 Å². The van der Waals surface area contributed by atoms with Gasteiger partial charge < -0.3 is 9.64 Å². The molecule has 0 saturated carbocycles. The number of hydrogen-bond acceptors (Lipinski definition) is 3. The monoisotopic (exact) mass is 242 g/mol. The second-order valence-electron chi connectivity index (χ2n) is 4.94. The van der Waals surface area contributed by atoms with Crippen molar-refractivity contribution in [3.8, 4) is 0 Å². The van der Waals surface area contributed by atoms with Crippen molar-refractivity contribution < 1.29 is 9.53 Å². The van der Waals surface area contributed by atoms with Crippen molar-refractivity contribution in [2.75, 3.05) is 39.3 Å². The van der Waals surface area contributed by atoms with E-state index in [0.29, 0.717) is 0 Å². The first kappa shape index (κ1) is 14.5. The van der Waals surface area contributed by atoms with E-state index in [1.807, 2.05) is 18.7 Å². The summed E-state index contributed by atoms with van der Waals surface area (Å²) in [4.78, 5) is 16.2. The zero-order chi connectivity index (χ0) is 12.7. The molecule has 1 aliphatic heterocycles. The van der Waals surface area contributed by atoms with E-state index in [4.69, 9.17) is 4.74 Å². The van der Waals surface area contributed by atoms with Crippen LogP contribution in [0, 0.1) is 0 Å². The van der Waals surface area contributed by atoms with Gasteiger partial charge in [-0.2, -0.15) is 0 Å². The molecule has 1 amide bonds. The summed E-state index contributed by atoms with van der Waals surface area (Å²) in [6, 6.07) is 0. The van der Waals surface area contributed by atoms with E-state index >= 15 is 0 Å². The third kappa shape index (κ3) is 5.50. The Labute approximate surface area is 105 Å². The van der Waals surface area contributed by atoms with Crippen molar-refractivity contribution in [1.82, 2.24) is 9.80 Å². The number of ether oxygens (including phenoxy) is 1. The van der Waals surface area contributed by atoms with E-state index in [-0.39, 0.29) is 18.6 Å². The van der Waals surface area contributed by atoms with Crippen molar-refractivity contribution in [1.29, 1.82) is 0 Å². The first-order chi connectivity index (χ1) is 8.13. The topological polar surface area (TPSA) is 32.8 Å². The van der Waals surface area contributed by atoms with Gasteiger partial charge >= 0.3 is 0 Å². The van der Waals surface area contributed by atoms with Crippen LogP contribution in [-0.2, 0) is 9.53 Å². The van der Waals surface area contributed by atoms with Crippen LogP contribution in [0.2, 0.25) is 0 Å². The molecule has 0 atom stereocenters. The normalized spacial score (nSPS) is 17.8. The van der Waals surface area contributed by atoms with E-state index < -0.39 is 0 Å². The van der Waals surface area contributed by atoms with Gasteiger partial charge in [-0.15, -0.1) is 0 Å². The van der Waals surface area contributed by atoms with Gasteiger partial charge in [0.15, 0.2) is 0 Å². The molecular weight excluding hydrogens is 216 g/mol. The first-order valence-corrected chi connectivity index (χ1v) is 6.75. The number of piperazine rings is 1. The van der Waals surface area contributed by atoms with Crippen LogP contribution in [0.4, 0.5) is 0 Å². The third-order valence-corrected chi connectivity index (χ3v) is 3.09. The Morgan fingerprint density at radius 1 is 1.24 bits per heavy atom. The molecule has 0 aromatic rings. The largest absolute Gasteiger partial charge is 0.369 e. The Morgan fingerprint density at radius 3 is 2.41 bits per heavy atom. The summed E-state index contributed by atoms with van der Waals surface area (Å²) in [5.74, 6) is 0.133. The molecule has 4 heteroatoms. The van der Waals surface area contributed by atoms with Crippen molar-refractivity contribution in [3.63, 3.8) is 0 Å². The number of rotatable bonds is 6. The van der Waals surface area contributed by atoms with E-state index in [2.05, 4.69) is 11.8 Å². The molecule has 0 aromatic heterocycles. The van der Waals surface area contributed by atoms with Gasteiger partial charge in [0.2, 0.25) is 5.91 Å². The Hall–Kier alpha value is -0.610. The first-order valence-electron chi connectivity index (χ1n) is 6.75. The van der Waals surface area contributed by atoms with Crippen LogP contribution in [0.1, 0.15) is 33.6 Å². The fourth-order valence-corrected chi connectivity index (χ4v) is 1.93. The molecule has 17 heavy (non-hydrogen) atoms. The number of amides is 1. The highest BCUT2D eigenvalue weighted by atomic mass is 16.5. The van der Waals surface area contributed by atoms with Crippen LogP contribution in [0.5, 0.6) is 0 Å². The molecule has 1 heterocycles. The fourth-order valence-electron chi connectivity index (χ4n) is 1.93. The molecule has 1 aliphatic rings. The lowest BCUT2D eigenvalue weighted by atomic mass is 10.2. The van der Waals surface area contributed by atoms with E-state index in [1.165, 1.54) is 19.4 Å². The van der Waals surface area contributed by atoms with Crippen molar-refractivity contribution in [2.45, 2.75) is 39.7 Å². The summed E-state index contributed by atoms with van der Waals surface area (Å²) in [7, 11) is 0. The zero-order valence-electron chi connectivity index (χ0n) is 11.4. The molecule has 4 nitrogen and oxygen atoms in total. The van der Waals surface area contributed by atoms with Gasteiger partial charge in [-0.25, -0.2) is 0 Å². The quantitative estimate of drug-likeness (QED) is 0.705. The smallest absolute Gasteiger partial charge is 0.248 e. The highest BCUT2D eigenvalue weighted by molar-refractivity contribution is 5.77. The number of nitrogens with zero attached hydrogens (tertiary/aromatic N) is 2. The molecule has 0 aromatic carbocycles. The number of carbonyl (C=O) groups is 1. The van der Waals surface area contributed by atoms with Crippen LogP contribution >= 0.6 is 0 Å². The maximum Gasteiger partial charge on any atom is 0.248 e. The van der Waals surface area contributed by atoms with Gasteiger partial charge in [0, 0.05) is 26.2 Å². The molecule has 100 valence electrons. The van der Waals surface area contributed by atoms with E-state index in [0.717, 1.165) is 26.2 Å². The molecule has 0 radical (unpaired) electrons. The summed E-state index contributed by atoms with van der Waals surface area (Å²) in [6.07, 6.45) is 2.62. The van der Waals surface area contributed by atoms with Crippen LogP contribution in [0.15, 0.2) is 0 Å². The molecular formula is C13H26N2O2. The highest BCUT2D eigenvalue weighted by Crippen LogP contribution is 2.04. The zero-order valence-corrected chi connectivity index (χ0v) is 11.4. The van der Waals surface area contributed by atoms with Gasteiger partial charge in [0.25, 0.3) is 0 Å². The summed E-state index contributed by atoms with van der Waals surface area (Å²) in [5, 5.41) is 0. The van der Waals surface area contributed by atoms with Crippen LogP contribution in [-0.4, -0.2) is 61.1 Å². The number of carbonyl (C=O) groups excluding carboxylic acids is 1. The summed E-state index contributed by atoms with van der Waals surface area (Å²) in [5.41, 5.74) is 0. The molecule has 1 saturated heterocycles. The molecule has 0 spiro atoms. The summed E-state index contributed by atoms with van der Waals surface area (Å²) < 4.78 is 5.34. The average molecular weight is 242 g/mol. The lowest BCUT2D eigenvalue weighted by Crippen LogP contribution is -2.49. The van der Waals surface area contributed by atoms with Crippen molar-refractivity contribution in [3.05, 3.63) is 0 Å². The lowest BCUT2D eigenvalue weighted by Gasteiger charge is -2.34. The van der Waals surface area contributed by atoms with Gasteiger partial charge in [-0.3, -0.25) is 9.69 Å². The molecule has 1 fully saturated rings. The molecule has 0 N–H and O–H groups in total. The number of hydrogen-bond donors (Lipinski definition) is 0. The second-order valence-corrected chi connectivity index (χ2v) is 4.94. The van der Waals surface area contributed by atoms with Crippen LogP contribution in [0.3, 0.4) is 0 Å². The molecule has 1 rings (SSSR count). The maximum atomic E-state index is 11.8. The molecule has 0 aliphatic carbocycles. The summed E-state index contributed by atoms with van der Waals surface area (Å²) >= 11 is 0. The summed E-state index contributed by atoms with van der Waals surface area (Å²) in [6.45, 7) is 11.2. The van der Waals surface area contributed by atoms with Crippen molar-refractivity contribution in [2.24, 2.45) is 0 Å². The van der Waals surface area contributed by atoms with E-state index in [1.54, 1.807) is 0 Å². The SMILES string of the molecule is CCCCN1CCN(C(=O)COC(C)C)CC1. The van der Waals surface area contributed by atoms with Gasteiger partial charge in [-0.05, 0) is 26.8 Å². The van der Waals surface area contributed by atoms with Gasteiger partial charge in [-0.1, -0.05) is 13.3 Å². The van der Waals surface area contributed by atoms with Crippen molar-refractivity contribution >= 4 is 5.91 Å². The van der Waals surface area contributed by atoms with Crippen LogP contribution in [0.25, 0.3) is 0 Å². The Bertz CT molecular complexity index is 223. The Morgan fingerprint density at radius 2 is 1.88 bits per heavy atom. The number of unbranched alkanes of at least 4 members (excludes halogenated alkanes) is 1. The van der Waals surface area contributed by atoms with Gasteiger partial charge in [0.1, 0.15) is 6.61 Å². The lowest BCUT2D eigenvalue weighted by molar-refractivity contribution is -0.139. The highest BCUT2D eigenvalue weighted by Gasteiger charge is 2.20. The minimum absolute atomic E-state index is 0.129. The van der Waals surface area contributed by atoms with Crippen LogP contribution < -0.4 is 0 Å². The standard InChI is InChI=1S/C13H26N2O2/c1-4-5-6-14-7-9-15(10-8-14)13(16)11-17-12(2)3/h12H,4-11H2,1-3H3. The third-order valence-electron chi connectivity index (χ3n) is 3.09. The fraction of sp³-hybridized carbons (Fsp3) is 0.923. The molecule has 0 unspecified atom stereocenters. The molecule has 0 bridgehead atoms. The Kier molecular flexibility index (Phi) is 6.52. The Balaban J connectivity index is 2.19. The minimum Gasteiger partial charge on any atom is -0.369 e.